The Morgan fingerprint density at radius 2 is 2.21 bits per heavy atom. The van der Waals surface area contributed by atoms with E-state index in [1.807, 2.05) is 0 Å². The predicted molar refractivity (Wildman–Crippen MR) is 51.7 cm³/mol. The van der Waals surface area contributed by atoms with E-state index >= 15 is 0 Å². The summed E-state index contributed by atoms with van der Waals surface area (Å²) < 4.78 is 24.8. The number of aliphatic hydroxyl groups excluding tert-OH is 1. The van der Waals surface area contributed by atoms with Crippen LogP contribution in [-0.2, 0) is 0 Å². The lowest BCUT2D eigenvalue weighted by Gasteiger charge is -2.21. The second-order valence-electron chi connectivity index (χ2n) is 3.17. The van der Waals surface area contributed by atoms with Crippen LogP contribution in [0.4, 0.5) is 14.5 Å². The van der Waals surface area contributed by atoms with Crippen molar-refractivity contribution in [1.82, 2.24) is 0 Å². The van der Waals surface area contributed by atoms with Gasteiger partial charge in [-0.05, 0) is 18.2 Å². The van der Waals surface area contributed by atoms with E-state index in [9.17, 15) is 8.78 Å². The maximum atomic E-state index is 12.8. The van der Waals surface area contributed by atoms with E-state index in [0.29, 0.717) is 5.69 Å². The molecule has 1 aromatic carbocycles. The van der Waals surface area contributed by atoms with Gasteiger partial charge in [0.05, 0.1) is 6.10 Å². The van der Waals surface area contributed by atoms with Crippen LogP contribution in [0.25, 0.3) is 0 Å². The van der Waals surface area contributed by atoms with Crippen LogP contribution in [0.1, 0.15) is 0 Å². The summed E-state index contributed by atoms with van der Waals surface area (Å²) in [7, 11) is 1.67. The molecule has 78 valence electrons. The number of hydrogen-bond donors (Lipinski definition) is 1. The number of rotatable bonds is 4. The molecule has 1 atom stereocenters. The van der Waals surface area contributed by atoms with Crippen molar-refractivity contribution in [1.29, 1.82) is 0 Å². The molecule has 0 saturated carbocycles. The maximum Gasteiger partial charge on any atom is 0.125 e. The SMILES string of the molecule is CN(CC(O)CF)c1cccc(F)c1. The Balaban J connectivity index is 2.64. The Morgan fingerprint density at radius 3 is 2.79 bits per heavy atom. The Bertz CT molecular complexity index is 293. The molecule has 0 radical (unpaired) electrons. The molecule has 1 N–H and O–H groups in total. The van der Waals surface area contributed by atoms with Crippen molar-refractivity contribution in [2.24, 2.45) is 0 Å². The molecule has 0 aromatic heterocycles. The van der Waals surface area contributed by atoms with Gasteiger partial charge in [0, 0.05) is 19.3 Å². The first kappa shape index (κ1) is 10.9. The van der Waals surface area contributed by atoms with Crippen molar-refractivity contribution < 1.29 is 13.9 Å². The number of nitrogens with zero attached hydrogens (tertiary/aromatic N) is 1. The van der Waals surface area contributed by atoms with Crippen LogP contribution in [0.5, 0.6) is 0 Å². The zero-order valence-electron chi connectivity index (χ0n) is 7.95. The zero-order chi connectivity index (χ0) is 10.6. The quantitative estimate of drug-likeness (QED) is 0.799. The van der Waals surface area contributed by atoms with Gasteiger partial charge in [-0.2, -0.15) is 0 Å². The molecule has 4 heteroatoms. The largest absolute Gasteiger partial charge is 0.389 e. The summed E-state index contributed by atoms with van der Waals surface area (Å²) in [6.45, 7) is -0.639. The predicted octanol–water partition coefficient (Wildman–Crippen LogP) is 1.59. The van der Waals surface area contributed by atoms with Crippen molar-refractivity contribution >= 4 is 5.69 Å². The van der Waals surface area contributed by atoms with E-state index < -0.39 is 12.8 Å². The van der Waals surface area contributed by atoms with Gasteiger partial charge in [-0.3, -0.25) is 0 Å². The van der Waals surface area contributed by atoms with E-state index in [1.165, 1.54) is 12.1 Å². The minimum atomic E-state index is -1.02. The highest BCUT2D eigenvalue weighted by Crippen LogP contribution is 2.13. The van der Waals surface area contributed by atoms with Crippen LogP contribution >= 0.6 is 0 Å². The number of halogens is 2. The third-order valence-electron chi connectivity index (χ3n) is 1.91. The maximum absolute atomic E-state index is 12.8. The molecule has 1 unspecified atom stereocenters. The van der Waals surface area contributed by atoms with Crippen LogP contribution in [0.2, 0.25) is 0 Å². The third kappa shape index (κ3) is 2.96. The summed E-state index contributed by atoms with van der Waals surface area (Å²) in [5, 5.41) is 9.05. The molecule has 0 aliphatic rings. The number of alkyl halides is 1. The number of hydrogen-bond acceptors (Lipinski definition) is 2. The number of likely N-dealkylation sites (N-methyl/N-ethyl adjacent to an activating group) is 1. The fourth-order valence-electron chi connectivity index (χ4n) is 1.18. The van der Waals surface area contributed by atoms with E-state index in [1.54, 1.807) is 24.1 Å². The molecule has 1 rings (SSSR count). The summed E-state index contributed by atoms with van der Waals surface area (Å²) in [4.78, 5) is 1.60. The topological polar surface area (TPSA) is 23.5 Å². The van der Waals surface area contributed by atoms with Crippen molar-refractivity contribution in [2.45, 2.75) is 6.10 Å². The fraction of sp³-hybridized carbons (Fsp3) is 0.400. The van der Waals surface area contributed by atoms with Gasteiger partial charge in [0.1, 0.15) is 12.5 Å². The molecule has 0 saturated heterocycles. The first-order valence-electron chi connectivity index (χ1n) is 4.34. The summed E-state index contributed by atoms with van der Waals surface area (Å²) in [6.07, 6.45) is -1.02. The van der Waals surface area contributed by atoms with Gasteiger partial charge in [-0.15, -0.1) is 0 Å². The summed E-state index contributed by atoms with van der Waals surface area (Å²) in [5.74, 6) is -0.343. The third-order valence-corrected chi connectivity index (χ3v) is 1.91. The van der Waals surface area contributed by atoms with Crippen molar-refractivity contribution in [3.63, 3.8) is 0 Å². The molecule has 14 heavy (non-hydrogen) atoms. The second kappa shape index (κ2) is 4.91. The molecule has 1 aromatic rings. The second-order valence-corrected chi connectivity index (χ2v) is 3.17. The number of anilines is 1. The van der Waals surface area contributed by atoms with Crippen LogP contribution < -0.4 is 4.90 Å². The van der Waals surface area contributed by atoms with Crippen molar-refractivity contribution in [2.75, 3.05) is 25.2 Å². The smallest absolute Gasteiger partial charge is 0.125 e. The molecular formula is C10H13F2NO. The van der Waals surface area contributed by atoms with Crippen LogP contribution in [0, 0.1) is 5.82 Å². The van der Waals surface area contributed by atoms with Crippen molar-refractivity contribution in [3.8, 4) is 0 Å². The standard InChI is InChI=1S/C10H13F2NO/c1-13(7-10(14)6-11)9-4-2-3-8(12)5-9/h2-5,10,14H,6-7H2,1H3. The summed E-state index contributed by atoms with van der Waals surface area (Å²) in [5.41, 5.74) is 0.623. The van der Waals surface area contributed by atoms with Gasteiger partial charge in [0.2, 0.25) is 0 Å². The lowest BCUT2D eigenvalue weighted by atomic mass is 10.2. The highest BCUT2D eigenvalue weighted by Gasteiger charge is 2.08. The monoisotopic (exact) mass is 201 g/mol. The molecule has 0 heterocycles. The molecule has 0 aliphatic heterocycles. The van der Waals surface area contributed by atoms with Crippen LogP contribution in [-0.4, -0.2) is 31.5 Å². The van der Waals surface area contributed by atoms with Crippen LogP contribution in [0.3, 0.4) is 0 Å². The first-order valence-corrected chi connectivity index (χ1v) is 4.34. The highest BCUT2D eigenvalue weighted by molar-refractivity contribution is 5.45. The summed E-state index contributed by atoms with van der Waals surface area (Å²) in [6, 6.07) is 5.95. The van der Waals surface area contributed by atoms with E-state index in [0.717, 1.165) is 0 Å². The molecule has 0 aliphatic carbocycles. The van der Waals surface area contributed by atoms with Gasteiger partial charge in [-0.1, -0.05) is 6.07 Å². The van der Waals surface area contributed by atoms with Gasteiger partial charge in [0.15, 0.2) is 0 Å². The average molecular weight is 201 g/mol. The molecule has 0 bridgehead atoms. The van der Waals surface area contributed by atoms with Gasteiger partial charge < -0.3 is 10.0 Å². The molecular weight excluding hydrogens is 188 g/mol. The van der Waals surface area contributed by atoms with Crippen molar-refractivity contribution in [3.05, 3.63) is 30.1 Å². The minimum Gasteiger partial charge on any atom is -0.389 e. The average Bonchev–Trinajstić information content (AvgIpc) is 2.17. The Labute approximate surface area is 81.8 Å². The molecule has 0 fully saturated rings. The number of aliphatic hydroxyl groups is 1. The van der Waals surface area contributed by atoms with Crippen LogP contribution in [0.15, 0.2) is 24.3 Å². The Morgan fingerprint density at radius 1 is 1.50 bits per heavy atom. The van der Waals surface area contributed by atoms with Gasteiger partial charge >= 0.3 is 0 Å². The lowest BCUT2D eigenvalue weighted by Crippen LogP contribution is -2.30. The zero-order valence-corrected chi connectivity index (χ0v) is 7.95. The molecule has 2 nitrogen and oxygen atoms in total. The molecule has 0 amide bonds. The van der Waals surface area contributed by atoms with Gasteiger partial charge in [0.25, 0.3) is 0 Å². The summed E-state index contributed by atoms with van der Waals surface area (Å²) >= 11 is 0. The normalized spacial score (nSPS) is 12.6. The minimum absolute atomic E-state index is 0.153. The van der Waals surface area contributed by atoms with Gasteiger partial charge in [-0.25, -0.2) is 8.78 Å². The fourth-order valence-corrected chi connectivity index (χ4v) is 1.18. The number of benzene rings is 1. The van der Waals surface area contributed by atoms with E-state index in [2.05, 4.69) is 0 Å². The Kier molecular flexibility index (Phi) is 3.83. The van der Waals surface area contributed by atoms with E-state index in [-0.39, 0.29) is 12.4 Å². The lowest BCUT2D eigenvalue weighted by molar-refractivity contribution is 0.146. The Hall–Kier alpha value is -1.16. The van der Waals surface area contributed by atoms with E-state index in [4.69, 9.17) is 5.11 Å². The first-order chi connectivity index (χ1) is 6.63. The highest BCUT2D eigenvalue weighted by atomic mass is 19.1. The molecule has 0 spiro atoms.